The predicted octanol–water partition coefficient (Wildman–Crippen LogP) is 2.52. The number of rotatable bonds is 11. The highest BCUT2D eigenvalue weighted by Gasteiger charge is 2.53. The van der Waals surface area contributed by atoms with Gasteiger partial charge in [0.15, 0.2) is 0 Å². The molecule has 0 unspecified atom stereocenters. The first kappa shape index (κ1) is 27.3. The molecule has 2 heterocycles. The number of nitrogens with one attached hydrogen (secondary N) is 4. The van der Waals surface area contributed by atoms with Crippen LogP contribution in [0.1, 0.15) is 60.3 Å². The molecule has 200 valence electrons. The molecule has 0 spiro atoms. The molecular weight excluding hydrogens is 476 g/mol. The summed E-state index contributed by atoms with van der Waals surface area (Å²) in [6, 6.07) is 2.22. The number of hydrogen-bond donors (Lipinski definition) is 4. The van der Waals surface area contributed by atoms with E-state index in [9.17, 15) is 9.59 Å². The Labute approximate surface area is 218 Å². The molecule has 1 aromatic rings. The summed E-state index contributed by atoms with van der Waals surface area (Å²) in [5, 5.41) is 15.9. The number of pyridine rings is 1. The number of amides is 2. The van der Waals surface area contributed by atoms with Crippen LogP contribution >= 0.6 is 0 Å². The Balaban J connectivity index is 1.52. The van der Waals surface area contributed by atoms with Crippen molar-refractivity contribution in [3.05, 3.63) is 29.9 Å². The normalized spacial score (nSPS) is 21.5. The smallest absolute Gasteiger partial charge is 0.399 e. The highest BCUT2D eigenvalue weighted by molar-refractivity contribution is 6.62. The number of carbonyl (C=O) groups excluding carboxylic acids is 2. The van der Waals surface area contributed by atoms with Gasteiger partial charge in [0, 0.05) is 18.2 Å². The Bertz CT molecular complexity index is 1060. The molecule has 2 amide bonds. The van der Waals surface area contributed by atoms with Crippen LogP contribution in [0.4, 0.5) is 10.2 Å². The van der Waals surface area contributed by atoms with Gasteiger partial charge in [-0.25, -0.2) is 4.98 Å². The first-order valence-electron chi connectivity index (χ1n) is 13.1. The van der Waals surface area contributed by atoms with Gasteiger partial charge in [0.1, 0.15) is 17.6 Å². The number of aromatic nitrogens is 1. The zero-order valence-corrected chi connectivity index (χ0v) is 22.2. The van der Waals surface area contributed by atoms with Crippen molar-refractivity contribution in [3.8, 4) is 0 Å². The first-order chi connectivity index (χ1) is 17.5. The molecule has 1 aliphatic heterocycles. The Hall–Kier alpha value is -2.79. The van der Waals surface area contributed by atoms with Gasteiger partial charge in [-0.1, -0.05) is 6.07 Å². The van der Waals surface area contributed by atoms with Gasteiger partial charge < -0.3 is 30.7 Å². The van der Waals surface area contributed by atoms with Crippen molar-refractivity contribution in [2.45, 2.75) is 77.5 Å². The maximum atomic E-state index is 15.0. The van der Waals surface area contributed by atoms with E-state index in [-0.39, 0.29) is 22.9 Å². The molecule has 0 bridgehead atoms. The molecule has 0 aromatic carbocycles. The number of halogens is 1. The van der Waals surface area contributed by atoms with Gasteiger partial charge in [0.25, 0.3) is 5.91 Å². The third kappa shape index (κ3) is 6.04. The van der Waals surface area contributed by atoms with Crippen LogP contribution in [0.15, 0.2) is 23.9 Å². The predicted molar refractivity (Wildman–Crippen MR) is 140 cm³/mol. The maximum absolute atomic E-state index is 15.0. The van der Waals surface area contributed by atoms with E-state index >= 15 is 4.39 Å². The van der Waals surface area contributed by atoms with Crippen molar-refractivity contribution in [2.24, 2.45) is 17.8 Å². The lowest BCUT2D eigenvalue weighted by Crippen LogP contribution is -2.51. The van der Waals surface area contributed by atoms with Crippen LogP contribution in [0.25, 0.3) is 0 Å². The summed E-state index contributed by atoms with van der Waals surface area (Å²) in [4.78, 5) is 30.5. The standard InChI is InChI=1S/C26H37BFN5O4/c1-6-30-18(13-14-29)23(34)33-21(20(15-7-8-15)16-9-10-16)24(35)32-19-12-11-17(22(28)31-19)27-36-25(2,3)26(4,5)37-27/h11-16,20-21,29-30H,6-10H2,1-5H3,(H,33,34)(H,31,32,35)/b18-13-,29-14?/t21-/m0/s1. The summed E-state index contributed by atoms with van der Waals surface area (Å²) < 4.78 is 26.9. The van der Waals surface area contributed by atoms with E-state index in [0.29, 0.717) is 18.4 Å². The first-order valence-corrected chi connectivity index (χ1v) is 13.1. The van der Waals surface area contributed by atoms with E-state index in [2.05, 4.69) is 20.9 Å². The van der Waals surface area contributed by atoms with Crippen molar-refractivity contribution in [1.29, 1.82) is 5.41 Å². The van der Waals surface area contributed by atoms with Crippen LogP contribution in [0.2, 0.25) is 0 Å². The molecule has 9 nitrogen and oxygen atoms in total. The van der Waals surface area contributed by atoms with Gasteiger partial charge in [-0.3, -0.25) is 9.59 Å². The van der Waals surface area contributed by atoms with Gasteiger partial charge in [-0.05, 0) is 90.2 Å². The van der Waals surface area contributed by atoms with E-state index in [1.54, 1.807) is 0 Å². The second-order valence-electron chi connectivity index (χ2n) is 11.1. The maximum Gasteiger partial charge on any atom is 0.499 e. The molecule has 3 fully saturated rings. The monoisotopic (exact) mass is 513 g/mol. The van der Waals surface area contributed by atoms with Crippen LogP contribution in [-0.2, 0) is 18.9 Å². The van der Waals surface area contributed by atoms with Crippen molar-refractivity contribution < 1.29 is 23.3 Å². The summed E-state index contributed by atoms with van der Waals surface area (Å²) in [6.45, 7) is 9.88. The zero-order valence-electron chi connectivity index (χ0n) is 22.2. The lowest BCUT2D eigenvalue weighted by atomic mass is 9.80. The van der Waals surface area contributed by atoms with Gasteiger partial charge in [0.2, 0.25) is 11.9 Å². The van der Waals surface area contributed by atoms with Crippen molar-refractivity contribution >= 4 is 36.4 Å². The third-order valence-electron chi connectivity index (χ3n) is 7.78. The van der Waals surface area contributed by atoms with Crippen LogP contribution in [0.5, 0.6) is 0 Å². The second-order valence-corrected chi connectivity index (χ2v) is 11.1. The number of anilines is 1. The minimum Gasteiger partial charge on any atom is -0.399 e. The van der Waals surface area contributed by atoms with Gasteiger partial charge in [-0.15, -0.1) is 0 Å². The van der Waals surface area contributed by atoms with E-state index in [1.807, 2.05) is 34.6 Å². The summed E-state index contributed by atoms with van der Waals surface area (Å²) >= 11 is 0. The van der Waals surface area contributed by atoms with E-state index in [4.69, 9.17) is 14.7 Å². The average molecular weight is 513 g/mol. The molecule has 1 atom stereocenters. The van der Waals surface area contributed by atoms with Gasteiger partial charge >= 0.3 is 7.12 Å². The van der Waals surface area contributed by atoms with Crippen LogP contribution in [0, 0.1) is 29.1 Å². The topological polar surface area (TPSA) is 125 Å². The summed E-state index contributed by atoms with van der Waals surface area (Å²) in [5.74, 6) is -0.886. The lowest BCUT2D eigenvalue weighted by molar-refractivity contribution is -0.126. The number of nitrogens with zero attached hydrogens (tertiary/aromatic N) is 1. The second kappa shape index (κ2) is 10.5. The molecule has 11 heteroatoms. The fraction of sp³-hybridized carbons (Fsp3) is 0.615. The summed E-state index contributed by atoms with van der Waals surface area (Å²) in [7, 11) is -0.909. The molecule has 4 rings (SSSR count). The minimum atomic E-state index is -0.909. The number of likely N-dealkylation sites (N-methyl/N-ethyl adjacent to an activating group) is 1. The molecule has 3 aliphatic rings. The summed E-state index contributed by atoms with van der Waals surface area (Å²) in [6.07, 6.45) is 6.47. The third-order valence-corrected chi connectivity index (χ3v) is 7.78. The largest absolute Gasteiger partial charge is 0.499 e. The molecule has 0 radical (unpaired) electrons. The molecule has 2 saturated carbocycles. The fourth-order valence-electron chi connectivity index (χ4n) is 4.80. The lowest BCUT2D eigenvalue weighted by Gasteiger charge is -2.32. The number of allylic oxidation sites excluding steroid dienone is 1. The molecular formula is C26H37BFN5O4. The molecule has 1 aromatic heterocycles. The number of carbonyl (C=O) groups is 2. The Morgan fingerprint density at radius 1 is 1.16 bits per heavy atom. The molecule has 4 N–H and O–H groups in total. The van der Waals surface area contributed by atoms with Crippen LogP contribution in [-0.4, -0.2) is 53.9 Å². The average Bonchev–Trinajstić information content (AvgIpc) is 3.73. The molecule has 2 aliphatic carbocycles. The van der Waals surface area contributed by atoms with Gasteiger partial charge in [-0.2, -0.15) is 4.39 Å². The SMILES string of the molecule is CCN/C(=C\C=N)C(=O)N[C@H](C(=O)Nc1ccc(B2OC(C)(C)C(C)(C)O2)c(F)n1)C(C1CC1)C1CC1. The van der Waals surface area contributed by atoms with Crippen molar-refractivity contribution in [1.82, 2.24) is 15.6 Å². The van der Waals surface area contributed by atoms with Gasteiger partial charge in [0.05, 0.1) is 11.2 Å². The summed E-state index contributed by atoms with van der Waals surface area (Å²) in [5.41, 5.74) is -0.875. The highest BCUT2D eigenvalue weighted by Crippen LogP contribution is 2.51. The van der Waals surface area contributed by atoms with Crippen molar-refractivity contribution in [3.63, 3.8) is 0 Å². The van der Waals surface area contributed by atoms with Crippen molar-refractivity contribution in [2.75, 3.05) is 11.9 Å². The van der Waals surface area contributed by atoms with E-state index in [1.165, 1.54) is 18.2 Å². The van der Waals surface area contributed by atoms with E-state index in [0.717, 1.165) is 31.9 Å². The van der Waals surface area contributed by atoms with E-state index < -0.39 is 42.1 Å². The Morgan fingerprint density at radius 3 is 2.24 bits per heavy atom. The highest BCUT2D eigenvalue weighted by atomic mass is 19.1. The minimum absolute atomic E-state index is 0.000629. The molecule has 1 saturated heterocycles. The quantitative estimate of drug-likeness (QED) is 0.156. The fourth-order valence-corrected chi connectivity index (χ4v) is 4.80. The Morgan fingerprint density at radius 2 is 1.76 bits per heavy atom. The van der Waals surface area contributed by atoms with Crippen LogP contribution < -0.4 is 21.4 Å². The Kier molecular flexibility index (Phi) is 7.76. The van der Waals surface area contributed by atoms with Crippen LogP contribution in [0.3, 0.4) is 0 Å². The number of hydrogen-bond acceptors (Lipinski definition) is 7. The zero-order chi connectivity index (χ0) is 27.0. The molecule has 37 heavy (non-hydrogen) atoms.